The summed E-state index contributed by atoms with van der Waals surface area (Å²) in [6, 6.07) is 0.250. The van der Waals surface area contributed by atoms with Crippen molar-refractivity contribution in [3.8, 4) is 0 Å². The molecule has 16 heavy (non-hydrogen) atoms. The first-order chi connectivity index (χ1) is 7.31. The highest BCUT2D eigenvalue weighted by Gasteiger charge is 2.25. The van der Waals surface area contributed by atoms with Crippen molar-refractivity contribution < 1.29 is 14.6 Å². The second kappa shape index (κ2) is 6.86. The van der Waals surface area contributed by atoms with Gasteiger partial charge in [-0.05, 0) is 18.8 Å². The Morgan fingerprint density at radius 2 is 2.00 bits per heavy atom. The molecule has 2 unspecified atom stereocenters. The van der Waals surface area contributed by atoms with Crippen molar-refractivity contribution in [1.82, 2.24) is 5.32 Å². The zero-order valence-corrected chi connectivity index (χ0v) is 11.0. The Balaban J connectivity index is 4.23. The molecule has 4 nitrogen and oxygen atoms in total. The molecule has 0 heterocycles. The maximum absolute atomic E-state index is 11.1. The van der Waals surface area contributed by atoms with E-state index in [1.54, 1.807) is 0 Å². The van der Waals surface area contributed by atoms with Crippen molar-refractivity contribution in [3.05, 3.63) is 0 Å². The topological polar surface area (TPSA) is 58.6 Å². The zero-order valence-electron chi connectivity index (χ0n) is 11.0. The standard InChI is InChI=1S/C12H25NO3/c1-9(8-11(15)16-5)13-10(6-7-14)12(2,3)4/h9-10,13-14H,6-8H2,1-5H3. The number of esters is 1. The van der Waals surface area contributed by atoms with E-state index in [1.807, 2.05) is 6.92 Å². The monoisotopic (exact) mass is 231 g/mol. The van der Waals surface area contributed by atoms with Crippen LogP contribution in [0.1, 0.15) is 40.5 Å². The summed E-state index contributed by atoms with van der Waals surface area (Å²) >= 11 is 0. The first-order valence-electron chi connectivity index (χ1n) is 5.75. The fourth-order valence-corrected chi connectivity index (χ4v) is 1.63. The van der Waals surface area contributed by atoms with E-state index in [-0.39, 0.29) is 30.1 Å². The van der Waals surface area contributed by atoms with Gasteiger partial charge in [0.2, 0.25) is 0 Å². The van der Waals surface area contributed by atoms with Gasteiger partial charge in [0.15, 0.2) is 0 Å². The zero-order chi connectivity index (χ0) is 12.8. The largest absolute Gasteiger partial charge is 0.469 e. The molecule has 0 aromatic heterocycles. The number of rotatable bonds is 6. The molecular formula is C12H25NO3. The smallest absolute Gasteiger partial charge is 0.307 e. The van der Waals surface area contributed by atoms with Crippen LogP contribution >= 0.6 is 0 Å². The highest BCUT2D eigenvalue weighted by Crippen LogP contribution is 2.22. The lowest BCUT2D eigenvalue weighted by atomic mass is 9.84. The first-order valence-corrected chi connectivity index (χ1v) is 5.75. The summed E-state index contributed by atoms with van der Waals surface area (Å²) in [6.07, 6.45) is 1.05. The van der Waals surface area contributed by atoms with Gasteiger partial charge in [-0.1, -0.05) is 20.8 Å². The summed E-state index contributed by atoms with van der Waals surface area (Å²) in [7, 11) is 1.39. The molecule has 0 saturated carbocycles. The van der Waals surface area contributed by atoms with Crippen LogP contribution in [0.2, 0.25) is 0 Å². The third kappa shape index (κ3) is 6.08. The molecule has 96 valence electrons. The molecular weight excluding hydrogens is 206 g/mol. The van der Waals surface area contributed by atoms with E-state index in [0.717, 1.165) is 0 Å². The van der Waals surface area contributed by atoms with Gasteiger partial charge in [0.05, 0.1) is 13.5 Å². The number of carbonyl (C=O) groups excluding carboxylic acids is 1. The molecule has 0 spiro atoms. The van der Waals surface area contributed by atoms with Gasteiger partial charge in [-0.25, -0.2) is 0 Å². The van der Waals surface area contributed by atoms with E-state index in [1.165, 1.54) is 7.11 Å². The molecule has 0 aromatic carbocycles. The number of hydrogen-bond donors (Lipinski definition) is 2. The number of aliphatic hydroxyl groups excluding tert-OH is 1. The molecule has 0 bridgehead atoms. The lowest BCUT2D eigenvalue weighted by molar-refractivity contribution is -0.141. The van der Waals surface area contributed by atoms with Gasteiger partial charge in [0.25, 0.3) is 0 Å². The van der Waals surface area contributed by atoms with E-state index in [2.05, 4.69) is 30.8 Å². The second-order valence-corrected chi connectivity index (χ2v) is 5.28. The van der Waals surface area contributed by atoms with Crippen LogP contribution in [-0.2, 0) is 9.53 Å². The average Bonchev–Trinajstić information content (AvgIpc) is 2.15. The predicted octanol–water partition coefficient (Wildman–Crippen LogP) is 1.32. The van der Waals surface area contributed by atoms with E-state index in [0.29, 0.717) is 12.8 Å². The third-order valence-corrected chi connectivity index (χ3v) is 2.65. The fraction of sp³-hybridized carbons (Fsp3) is 0.917. The van der Waals surface area contributed by atoms with Crippen molar-refractivity contribution >= 4 is 5.97 Å². The predicted molar refractivity (Wildman–Crippen MR) is 64.2 cm³/mol. The Morgan fingerprint density at radius 3 is 2.38 bits per heavy atom. The molecule has 0 amide bonds. The normalized spacial score (nSPS) is 15.6. The SMILES string of the molecule is COC(=O)CC(C)NC(CCO)C(C)(C)C. The van der Waals surface area contributed by atoms with Crippen LogP contribution in [0.25, 0.3) is 0 Å². The number of methoxy groups -OCH3 is 1. The van der Waals surface area contributed by atoms with Gasteiger partial charge in [0.1, 0.15) is 0 Å². The summed E-state index contributed by atoms with van der Waals surface area (Å²) in [5.41, 5.74) is 0.0626. The van der Waals surface area contributed by atoms with Crippen LogP contribution in [-0.4, -0.2) is 36.9 Å². The van der Waals surface area contributed by atoms with Gasteiger partial charge in [0, 0.05) is 18.7 Å². The highest BCUT2D eigenvalue weighted by molar-refractivity contribution is 5.69. The van der Waals surface area contributed by atoms with Crippen molar-refractivity contribution in [1.29, 1.82) is 0 Å². The minimum atomic E-state index is -0.211. The van der Waals surface area contributed by atoms with E-state index >= 15 is 0 Å². The quantitative estimate of drug-likeness (QED) is 0.677. The van der Waals surface area contributed by atoms with Crippen LogP contribution in [0.3, 0.4) is 0 Å². The fourth-order valence-electron chi connectivity index (χ4n) is 1.63. The summed E-state index contributed by atoms with van der Waals surface area (Å²) in [6.45, 7) is 8.45. The lowest BCUT2D eigenvalue weighted by Gasteiger charge is -2.33. The molecule has 0 aliphatic rings. The lowest BCUT2D eigenvalue weighted by Crippen LogP contribution is -2.46. The van der Waals surface area contributed by atoms with Gasteiger partial charge in [-0.15, -0.1) is 0 Å². The summed E-state index contributed by atoms with van der Waals surface area (Å²) in [5, 5.41) is 12.4. The molecule has 4 heteroatoms. The van der Waals surface area contributed by atoms with Gasteiger partial charge in [-0.3, -0.25) is 4.79 Å². The molecule has 0 aromatic rings. The van der Waals surface area contributed by atoms with Crippen LogP contribution < -0.4 is 5.32 Å². The van der Waals surface area contributed by atoms with E-state index < -0.39 is 0 Å². The Kier molecular flexibility index (Phi) is 6.60. The molecule has 0 fully saturated rings. The minimum absolute atomic E-state index is 0.0585. The Hall–Kier alpha value is -0.610. The molecule has 2 atom stereocenters. The average molecular weight is 231 g/mol. The van der Waals surface area contributed by atoms with Crippen molar-refractivity contribution in [2.24, 2.45) is 5.41 Å². The van der Waals surface area contributed by atoms with E-state index in [4.69, 9.17) is 5.11 Å². The maximum atomic E-state index is 11.1. The van der Waals surface area contributed by atoms with Crippen LogP contribution in [0, 0.1) is 5.41 Å². The second-order valence-electron chi connectivity index (χ2n) is 5.28. The first kappa shape index (κ1) is 15.4. The van der Waals surface area contributed by atoms with Gasteiger partial charge >= 0.3 is 5.97 Å². The summed E-state index contributed by atoms with van der Waals surface area (Å²) in [5.74, 6) is -0.211. The Labute approximate surface area is 98.4 Å². The molecule has 0 aliphatic heterocycles. The van der Waals surface area contributed by atoms with Crippen molar-refractivity contribution in [2.45, 2.75) is 52.6 Å². The van der Waals surface area contributed by atoms with Gasteiger partial charge in [-0.2, -0.15) is 0 Å². The maximum Gasteiger partial charge on any atom is 0.307 e. The van der Waals surface area contributed by atoms with Crippen LogP contribution in [0.5, 0.6) is 0 Å². The molecule has 0 saturated heterocycles. The molecule has 2 N–H and O–H groups in total. The van der Waals surface area contributed by atoms with Crippen molar-refractivity contribution in [2.75, 3.05) is 13.7 Å². The number of ether oxygens (including phenoxy) is 1. The summed E-state index contributed by atoms with van der Waals surface area (Å²) in [4.78, 5) is 11.1. The number of aliphatic hydroxyl groups is 1. The molecule has 0 aliphatic carbocycles. The molecule has 0 radical (unpaired) electrons. The number of hydrogen-bond acceptors (Lipinski definition) is 4. The van der Waals surface area contributed by atoms with E-state index in [9.17, 15) is 4.79 Å². The molecule has 0 rings (SSSR count). The summed E-state index contributed by atoms with van der Waals surface area (Å²) < 4.78 is 4.62. The minimum Gasteiger partial charge on any atom is -0.469 e. The van der Waals surface area contributed by atoms with Crippen LogP contribution in [0.4, 0.5) is 0 Å². The van der Waals surface area contributed by atoms with Crippen molar-refractivity contribution in [3.63, 3.8) is 0 Å². The van der Waals surface area contributed by atoms with Crippen LogP contribution in [0.15, 0.2) is 0 Å². The number of carbonyl (C=O) groups is 1. The van der Waals surface area contributed by atoms with Gasteiger partial charge < -0.3 is 15.2 Å². The highest BCUT2D eigenvalue weighted by atomic mass is 16.5. The third-order valence-electron chi connectivity index (χ3n) is 2.65. The Morgan fingerprint density at radius 1 is 1.44 bits per heavy atom. The Bertz CT molecular complexity index is 211. The number of nitrogens with one attached hydrogen (secondary N) is 1.